The second-order valence-electron chi connectivity index (χ2n) is 8.85. The molecule has 3 rings (SSSR count). The summed E-state index contributed by atoms with van der Waals surface area (Å²) in [6.07, 6.45) is -9.66. The van der Waals surface area contributed by atoms with Gasteiger partial charge in [-0.1, -0.05) is 81.7 Å². The van der Waals surface area contributed by atoms with Gasteiger partial charge in [0.05, 0.1) is 32.9 Å². The fraction of sp³-hybridized carbons (Fsp3) is 0.200. The molecule has 0 aliphatic carbocycles. The van der Waals surface area contributed by atoms with Crippen molar-refractivity contribution in [3.63, 3.8) is 0 Å². The molecular formula is C25H13Cl6F7N2O3S. The summed E-state index contributed by atoms with van der Waals surface area (Å²) >= 11 is 35.1. The van der Waals surface area contributed by atoms with E-state index in [9.17, 15) is 39.6 Å². The highest BCUT2D eigenvalue weighted by atomic mass is 35.5. The lowest BCUT2D eigenvalue weighted by atomic mass is 9.95. The number of Topliss-reactive ketones (excluding diaryl/α,β-unsaturated/α-hetero) is 1. The number of sulfone groups is 1. The largest absolute Gasteiger partial charge is 0.417 e. The van der Waals surface area contributed by atoms with E-state index in [-0.39, 0.29) is 27.2 Å². The molecular weight excluding hydrogens is 754 g/mol. The van der Waals surface area contributed by atoms with Crippen LogP contribution in [0, 0.1) is 0 Å². The van der Waals surface area contributed by atoms with E-state index < -0.39 is 94.4 Å². The van der Waals surface area contributed by atoms with E-state index >= 15 is 4.39 Å². The molecule has 0 amide bonds. The summed E-state index contributed by atoms with van der Waals surface area (Å²) in [5.41, 5.74) is -4.71. The standard InChI is InChI=1S/C25H13Cl6F7N2O3S/c1-44(42,43)23-20(30)21(19(29)22(31)40-23)39-8-17(41)11-3-2-9(4-13(11)25(36,37)38)16(32)7-12(24(33,34)35)10-5-14(26)18(28)15(27)6-10/h2-7,12H,8H2,1H3,(H,39,40)/b16-7-. The van der Waals surface area contributed by atoms with Crippen LogP contribution in [0.2, 0.25) is 30.3 Å². The smallest absolute Gasteiger partial charge is 0.375 e. The number of alkyl halides is 6. The average molecular weight is 767 g/mol. The third kappa shape index (κ3) is 8.23. The molecule has 1 N–H and O–H groups in total. The third-order valence-corrected chi connectivity index (χ3v) is 9.13. The number of anilines is 1. The van der Waals surface area contributed by atoms with Gasteiger partial charge < -0.3 is 5.32 Å². The van der Waals surface area contributed by atoms with Crippen molar-refractivity contribution >= 4 is 96.7 Å². The van der Waals surface area contributed by atoms with E-state index in [0.717, 1.165) is 18.4 Å². The first-order valence-corrected chi connectivity index (χ1v) is 15.5. The van der Waals surface area contributed by atoms with Crippen molar-refractivity contribution in [3.8, 4) is 0 Å². The molecule has 2 aromatic carbocycles. The highest BCUT2D eigenvalue weighted by Gasteiger charge is 2.41. The van der Waals surface area contributed by atoms with E-state index in [4.69, 9.17) is 69.6 Å². The SMILES string of the molecule is CS(=O)(=O)c1nc(Cl)c(Cl)c(NCC(=O)c2ccc(/C(F)=C/C(c3cc(Cl)c(Cl)c(Cl)c3)C(F)(F)F)cc2C(F)(F)F)c1Cl. The summed E-state index contributed by atoms with van der Waals surface area (Å²) in [5, 5.41) is -1.03. The second-order valence-corrected chi connectivity index (χ2v) is 13.1. The van der Waals surface area contributed by atoms with Gasteiger partial charge in [-0.2, -0.15) is 26.3 Å². The Morgan fingerprint density at radius 1 is 0.932 bits per heavy atom. The molecule has 0 saturated heterocycles. The zero-order valence-corrected chi connectivity index (χ0v) is 26.6. The molecule has 0 aliphatic rings. The van der Waals surface area contributed by atoms with Gasteiger partial charge >= 0.3 is 12.4 Å². The highest BCUT2D eigenvalue weighted by molar-refractivity contribution is 7.90. The Morgan fingerprint density at radius 2 is 1.50 bits per heavy atom. The highest BCUT2D eigenvalue weighted by Crippen LogP contribution is 2.43. The van der Waals surface area contributed by atoms with Crippen molar-refractivity contribution in [2.24, 2.45) is 0 Å². The minimum atomic E-state index is -5.28. The van der Waals surface area contributed by atoms with Crippen LogP contribution in [-0.4, -0.2) is 38.2 Å². The van der Waals surface area contributed by atoms with Gasteiger partial charge in [0.1, 0.15) is 21.8 Å². The summed E-state index contributed by atoms with van der Waals surface area (Å²) in [6.45, 7) is -0.960. The van der Waals surface area contributed by atoms with E-state index in [1.165, 1.54) is 0 Å². The lowest BCUT2D eigenvalue weighted by molar-refractivity contribution is -0.140. The van der Waals surface area contributed by atoms with Crippen LogP contribution < -0.4 is 5.32 Å². The molecule has 0 saturated carbocycles. The Hall–Kier alpha value is -2.00. The minimum Gasteiger partial charge on any atom is -0.375 e. The molecule has 1 aromatic heterocycles. The van der Waals surface area contributed by atoms with E-state index in [0.29, 0.717) is 12.1 Å². The van der Waals surface area contributed by atoms with Crippen LogP contribution in [0.25, 0.3) is 5.83 Å². The number of benzene rings is 2. The number of hydrogen-bond donors (Lipinski definition) is 1. The first-order chi connectivity index (χ1) is 20.0. The van der Waals surface area contributed by atoms with Crippen LogP contribution in [0.1, 0.15) is 33.0 Å². The topological polar surface area (TPSA) is 76.1 Å². The van der Waals surface area contributed by atoms with E-state index in [1.807, 2.05) is 0 Å². The zero-order chi connectivity index (χ0) is 33.5. The summed E-state index contributed by atoms with van der Waals surface area (Å²) in [4.78, 5) is 16.4. The maximum absolute atomic E-state index is 15.1. The Kier molecular flexibility index (Phi) is 11.1. The Bertz CT molecular complexity index is 1760. The van der Waals surface area contributed by atoms with Crippen LogP contribution in [0.4, 0.5) is 36.4 Å². The van der Waals surface area contributed by atoms with Crippen LogP contribution in [0.5, 0.6) is 0 Å². The van der Waals surface area contributed by atoms with Crippen molar-refractivity contribution in [3.05, 3.63) is 88.9 Å². The predicted octanol–water partition coefficient (Wildman–Crippen LogP) is 10.4. The van der Waals surface area contributed by atoms with Gasteiger partial charge in [-0.3, -0.25) is 4.79 Å². The van der Waals surface area contributed by atoms with Crippen molar-refractivity contribution < 1.29 is 43.9 Å². The molecule has 238 valence electrons. The number of nitrogens with one attached hydrogen (secondary N) is 1. The molecule has 0 fully saturated rings. The summed E-state index contributed by atoms with van der Waals surface area (Å²) in [7, 11) is -4.06. The fourth-order valence-electron chi connectivity index (χ4n) is 3.71. The molecule has 5 nitrogen and oxygen atoms in total. The molecule has 44 heavy (non-hydrogen) atoms. The van der Waals surface area contributed by atoms with Crippen LogP contribution in [-0.2, 0) is 16.0 Å². The lowest BCUT2D eigenvalue weighted by Crippen LogP contribution is -2.20. The number of rotatable bonds is 8. The van der Waals surface area contributed by atoms with Crippen molar-refractivity contribution in [1.29, 1.82) is 0 Å². The minimum absolute atomic E-state index is 0.0188. The molecule has 0 aliphatic heterocycles. The molecule has 0 bridgehead atoms. The zero-order valence-electron chi connectivity index (χ0n) is 21.2. The number of carbonyl (C=O) groups is 1. The molecule has 0 spiro atoms. The Balaban J connectivity index is 2.03. The van der Waals surface area contributed by atoms with Crippen molar-refractivity contribution in [2.45, 2.75) is 23.3 Å². The van der Waals surface area contributed by atoms with Gasteiger partial charge in [0.2, 0.25) is 0 Å². The maximum Gasteiger partial charge on any atom is 0.417 e. The van der Waals surface area contributed by atoms with E-state index in [2.05, 4.69) is 10.3 Å². The third-order valence-electron chi connectivity index (χ3n) is 5.72. The predicted molar refractivity (Wildman–Crippen MR) is 156 cm³/mol. The quantitative estimate of drug-likeness (QED) is 0.107. The van der Waals surface area contributed by atoms with Gasteiger partial charge in [-0.05, 0) is 29.8 Å². The van der Waals surface area contributed by atoms with Crippen molar-refractivity contribution in [1.82, 2.24) is 4.98 Å². The first kappa shape index (κ1) is 36.5. The number of nitrogens with zero attached hydrogens (tertiary/aromatic N) is 1. The lowest BCUT2D eigenvalue weighted by Gasteiger charge is -2.19. The number of allylic oxidation sites excluding steroid dienone is 1. The van der Waals surface area contributed by atoms with E-state index in [1.54, 1.807) is 0 Å². The number of aromatic nitrogens is 1. The molecule has 1 unspecified atom stereocenters. The Morgan fingerprint density at radius 3 is 2.00 bits per heavy atom. The Labute approximate surface area is 274 Å². The number of hydrogen-bond acceptors (Lipinski definition) is 5. The number of pyridine rings is 1. The van der Waals surface area contributed by atoms with Gasteiger partial charge in [-0.15, -0.1) is 0 Å². The number of halogens is 13. The fourth-order valence-corrected chi connectivity index (χ4v) is 6.11. The molecule has 1 heterocycles. The molecule has 19 heteroatoms. The van der Waals surface area contributed by atoms with Gasteiger partial charge in [0.25, 0.3) is 0 Å². The summed E-state index contributed by atoms with van der Waals surface area (Å²) in [6, 6.07) is 2.93. The molecule has 0 radical (unpaired) electrons. The normalized spacial score (nSPS) is 13.6. The van der Waals surface area contributed by atoms with Gasteiger partial charge in [0, 0.05) is 17.4 Å². The second kappa shape index (κ2) is 13.4. The van der Waals surface area contributed by atoms with Crippen LogP contribution in [0.15, 0.2) is 41.4 Å². The summed E-state index contributed by atoms with van der Waals surface area (Å²) < 4.78 is 122. The summed E-state index contributed by atoms with van der Waals surface area (Å²) in [5.74, 6) is -5.68. The van der Waals surface area contributed by atoms with Gasteiger partial charge in [-0.25, -0.2) is 17.8 Å². The van der Waals surface area contributed by atoms with Crippen LogP contribution >= 0.6 is 69.6 Å². The number of ketones is 1. The monoisotopic (exact) mass is 764 g/mol. The molecule has 1 atom stereocenters. The average Bonchev–Trinajstić information content (AvgIpc) is 2.89. The van der Waals surface area contributed by atoms with Crippen LogP contribution in [0.3, 0.4) is 0 Å². The molecule has 3 aromatic rings. The van der Waals surface area contributed by atoms with Crippen molar-refractivity contribution in [2.75, 3.05) is 18.1 Å². The number of carbonyl (C=O) groups excluding carboxylic acids is 1. The maximum atomic E-state index is 15.1. The first-order valence-electron chi connectivity index (χ1n) is 11.4. The van der Waals surface area contributed by atoms with Gasteiger partial charge in [0.15, 0.2) is 25.8 Å².